The second-order valence-corrected chi connectivity index (χ2v) is 13.3. The van der Waals surface area contributed by atoms with Crippen molar-refractivity contribution in [2.75, 3.05) is 12.3 Å². The SMILES string of the molecule is CC(NP(=O)(OCC12CC1(O)C(C)(O)C(n1cnc3c(=O)[nH]c(N)nc31)O2)Oc1ccccc1)C(=O)OC1CCCCC1. The fraction of sp³-hybridized carbons (Fsp3) is 0.556. The molecule has 1 aromatic carbocycles. The van der Waals surface area contributed by atoms with Crippen LogP contribution in [0.1, 0.15) is 58.6 Å². The number of nitrogen functional groups attached to an aromatic ring is 1. The molecule has 232 valence electrons. The lowest BCUT2D eigenvalue weighted by molar-refractivity contribution is -0.152. The first-order valence-corrected chi connectivity index (χ1v) is 15.7. The highest BCUT2D eigenvalue weighted by Gasteiger charge is 2.84. The van der Waals surface area contributed by atoms with E-state index in [1.165, 1.54) is 24.7 Å². The molecule has 6 unspecified atom stereocenters. The van der Waals surface area contributed by atoms with Gasteiger partial charge in [0.05, 0.1) is 12.9 Å². The molecule has 2 aliphatic carbocycles. The quantitative estimate of drug-likeness (QED) is 0.162. The Morgan fingerprint density at radius 3 is 2.72 bits per heavy atom. The van der Waals surface area contributed by atoms with E-state index in [2.05, 4.69) is 20.0 Å². The number of hydrogen-bond acceptors (Lipinski definition) is 12. The molecule has 0 radical (unpaired) electrons. The minimum atomic E-state index is -4.29. The van der Waals surface area contributed by atoms with Gasteiger partial charge in [0.1, 0.15) is 34.7 Å². The van der Waals surface area contributed by atoms with Crippen LogP contribution in [0.2, 0.25) is 0 Å². The zero-order valence-electron chi connectivity index (χ0n) is 23.8. The van der Waals surface area contributed by atoms with E-state index in [9.17, 15) is 24.4 Å². The Morgan fingerprint density at radius 2 is 2.00 bits per heavy atom. The molecule has 0 bridgehead atoms. The molecule has 0 spiro atoms. The van der Waals surface area contributed by atoms with Gasteiger partial charge in [0, 0.05) is 6.42 Å². The summed E-state index contributed by atoms with van der Waals surface area (Å²) in [6, 6.07) is 7.21. The van der Waals surface area contributed by atoms with Gasteiger partial charge in [-0.15, -0.1) is 0 Å². The number of nitrogens with one attached hydrogen (secondary N) is 2. The summed E-state index contributed by atoms with van der Waals surface area (Å²) in [7, 11) is -4.29. The van der Waals surface area contributed by atoms with Crippen molar-refractivity contribution in [3.63, 3.8) is 0 Å². The molecule has 2 saturated carbocycles. The monoisotopic (exact) mass is 618 g/mol. The van der Waals surface area contributed by atoms with Crippen molar-refractivity contribution in [2.45, 2.75) is 87.5 Å². The number of nitrogens with zero attached hydrogens (tertiary/aromatic N) is 3. The fourth-order valence-electron chi connectivity index (χ4n) is 5.97. The summed E-state index contributed by atoms with van der Waals surface area (Å²) < 4.78 is 38.8. The van der Waals surface area contributed by atoms with Crippen molar-refractivity contribution in [3.05, 3.63) is 47.0 Å². The number of aromatic nitrogens is 4. The highest BCUT2D eigenvalue weighted by atomic mass is 31.2. The molecule has 15 nitrogen and oxygen atoms in total. The third-order valence-electron chi connectivity index (χ3n) is 8.51. The van der Waals surface area contributed by atoms with Gasteiger partial charge >= 0.3 is 13.7 Å². The normalized spacial score (nSPS) is 30.8. The Morgan fingerprint density at radius 1 is 1.28 bits per heavy atom. The van der Waals surface area contributed by atoms with E-state index >= 15 is 0 Å². The molecule has 3 aromatic rings. The number of H-pyrrole nitrogens is 1. The highest BCUT2D eigenvalue weighted by Crippen LogP contribution is 2.68. The van der Waals surface area contributed by atoms with Gasteiger partial charge in [-0.1, -0.05) is 24.6 Å². The van der Waals surface area contributed by atoms with E-state index in [1.54, 1.807) is 30.3 Å². The summed E-state index contributed by atoms with van der Waals surface area (Å²) in [5.74, 6) is -0.548. The average molecular weight is 619 g/mol. The molecule has 1 saturated heterocycles. The minimum absolute atomic E-state index is 0.0366. The molecule has 43 heavy (non-hydrogen) atoms. The third-order valence-corrected chi connectivity index (χ3v) is 10.1. The maximum atomic E-state index is 14.1. The fourth-order valence-corrected chi connectivity index (χ4v) is 7.50. The summed E-state index contributed by atoms with van der Waals surface area (Å²) >= 11 is 0. The van der Waals surface area contributed by atoms with Crippen LogP contribution in [0.5, 0.6) is 5.75 Å². The lowest BCUT2D eigenvalue weighted by atomic mass is 9.94. The van der Waals surface area contributed by atoms with E-state index in [0.717, 1.165) is 32.1 Å². The molecule has 3 heterocycles. The summed E-state index contributed by atoms with van der Waals surface area (Å²) in [6.45, 7) is 2.38. The van der Waals surface area contributed by atoms with Crippen LogP contribution in [0.15, 0.2) is 41.5 Å². The summed E-state index contributed by atoms with van der Waals surface area (Å²) in [4.78, 5) is 35.7. The van der Waals surface area contributed by atoms with Gasteiger partial charge in [0.25, 0.3) is 5.56 Å². The molecule has 6 N–H and O–H groups in total. The van der Waals surface area contributed by atoms with Gasteiger partial charge in [-0.3, -0.25) is 23.7 Å². The molecule has 3 fully saturated rings. The van der Waals surface area contributed by atoms with Gasteiger partial charge in [-0.05, 0) is 51.7 Å². The van der Waals surface area contributed by atoms with E-state index in [1.807, 2.05) is 0 Å². The number of aromatic amines is 1. The molecule has 2 aromatic heterocycles. The first-order chi connectivity index (χ1) is 20.4. The highest BCUT2D eigenvalue weighted by molar-refractivity contribution is 7.52. The second kappa shape index (κ2) is 10.7. The van der Waals surface area contributed by atoms with E-state index < -0.39 is 55.0 Å². The molecule has 6 atom stereocenters. The van der Waals surface area contributed by atoms with Crippen molar-refractivity contribution >= 4 is 30.8 Å². The number of carbonyl (C=O) groups is 1. The molecule has 16 heteroatoms. The molecule has 1 aliphatic heterocycles. The molecular weight excluding hydrogens is 583 g/mol. The van der Waals surface area contributed by atoms with Crippen LogP contribution in [0.3, 0.4) is 0 Å². The van der Waals surface area contributed by atoms with Crippen molar-refractivity contribution in [2.24, 2.45) is 0 Å². The van der Waals surface area contributed by atoms with Gasteiger partial charge in [-0.2, -0.15) is 10.1 Å². The number of imidazole rings is 1. The summed E-state index contributed by atoms with van der Waals surface area (Å²) in [5.41, 5.74) is -0.140. The first kappa shape index (κ1) is 29.7. The van der Waals surface area contributed by atoms with Crippen LogP contribution in [-0.2, 0) is 23.4 Å². The predicted octanol–water partition coefficient (Wildman–Crippen LogP) is 1.91. The number of ether oxygens (including phenoxy) is 2. The van der Waals surface area contributed by atoms with Crippen LogP contribution >= 0.6 is 7.75 Å². The van der Waals surface area contributed by atoms with Crippen molar-refractivity contribution in [1.82, 2.24) is 24.6 Å². The van der Waals surface area contributed by atoms with Crippen molar-refractivity contribution in [3.8, 4) is 5.75 Å². The van der Waals surface area contributed by atoms with Crippen LogP contribution in [0.4, 0.5) is 5.95 Å². The Balaban J connectivity index is 1.22. The zero-order valence-corrected chi connectivity index (χ0v) is 24.7. The van der Waals surface area contributed by atoms with Crippen LogP contribution in [0, 0.1) is 0 Å². The van der Waals surface area contributed by atoms with Crippen molar-refractivity contribution < 1.29 is 38.1 Å². The van der Waals surface area contributed by atoms with Crippen LogP contribution in [0.25, 0.3) is 11.2 Å². The number of anilines is 1. The minimum Gasteiger partial charge on any atom is -0.461 e. The number of aliphatic hydroxyl groups is 2. The summed E-state index contributed by atoms with van der Waals surface area (Å²) in [6.07, 6.45) is 4.32. The summed E-state index contributed by atoms with van der Waals surface area (Å²) in [5, 5.41) is 25.7. The van der Waals surface area contributed by atoms with Gasteiger partial charge in [0.2, 0.25) is 5.95 Å². The van der Waals surface area contributed by atoms with E-state index in [-0.39, 0.29) is 35.4 Å². The number of para-hydroxylation sites is 1. The number of hydrogen-bond donors (Lipinski definition) is 5. The van der Waals surface area contributed by atoms with E-state index in [4.69, 9.17) is 24.3 Å². The number of nitrogens with two attached hydrogens (primary N) is 1. The van der Waals surface area contributed by atoms with Gasteiger partial charge in [-0.25, -0.2) is 9.55 Å². The zero-order chi connectivity index (χ0) is 30.6. The smallest absolute Gasteiger partial charge is 0.459 e. The predicted molar refractivity (Wildman–Crippen MR) is 152 cm³/mol. The molecule has 0 amide bonds. The Labute approximate surface area is 246 Å². The largest absolute Gasteiger partial charge is 0.461 e. The first-order valence-electron chi connectivity index (χ1n) is 14.2. The Bertz CT molecular complexity index is 1620. The molecule has 3 aliphatic rings. The third kappa shape index (κ3) is 5.23. The Kier molecular flexibility index (Phi) is 7.39. The number of carbonyl (C=O) groups excluding carboxylic acids is 1. The second-order valence-electron chi connectivity index (χ2n) is 11.6. The van der Waals surface area contributed by atoms with Crippen LogP contribution < -0.4 is 20.9 Å². The lowest BCUT2D eigenvalue weighted by Gasteiger charge is -2.31. The maximum absolute atomic E-state index is 14.1. The molecular formula is C27H35N6O9P. The maximum Gasteiger partial charge on any atom is 0.459 e. The number of esters is 1. The number of benzene rings is 1. The van der Waals surface area contributed by atoms with Gasteiger partial charge in [0.15, 0.2) is 17.4 Å². The topological polar surface area (TPSA) is 213 Å². The number of rotatable bonds is 10. The van der Waals surface area contributed by atoms with Crippen molar-refractivity contribution in [1.29, 1.82) is 0 Å². The van der Waals surface area contributed by atoms with E-state index in [0.29, 0.717) is 0 Å². The lowest BCUT2D eigenvalue weighted by Crippen LogP contribution is -2.46. The molecule has 6 rings (SSSR count). The standard InChI is InChI=1S/C27H35N6O9P/c1-16(22(35)40-17-9-5-3-6-10-17)32-43(38,42-18-11-7-4-8-12-18)39-14-26-13-27(26,37)25(2,36)23(41-26)33-15-29-19-20(33)30-24(28)31-21(19)34/h4,7-8,11-12,15-17,23,36-37H,3,5-6,9-10,13-14H2,1-2H3,(H,32,38)(H3,28,30,31,34). The van der Waals surface area contributed by atoms with Gasteiger partial charge < -0.3 is 29.9 Å². The number of fused-ring (bicyclic) bond motifs is 2. The average Bonchev–Trinajstić information content (AvgIpc) is 3.27. The van der Waals surface area contributed by atoms with Crippen LogP contribution in [-0.4, -0.2) is 71.3 Å². The Hall–Kier alpha value is -3.33.